The van der Waals surface area contributed by atoms with Gasteiger partial charge in [-0.1, -0.05) is 0 Å². The van der Waals surface area contributed by atoms with E-state index in [0.717, 1.165) is 5.69 Å². The molecule has 3 N–H and O–H groups in total. The van der Waals surface area contributed by atoms with Gasteiger partial charge >= 0.3 is 0 Å². The van der Waals surface area contributed by atoms with Crippen molar-refractivity contribution in [3.05, 3.63) is 16.1 Å². The molecule has 0 fully saturated rings. The molecule has 5 heteroatoms. The molecule has 0 saturated carbocycles. The van der Waals surface area contributed by atoms with E-state index in [0.29, 0.717) is 11.7 Å². The van der Waals surface area contributed by atoms with Crippen molar-refractivity contribution in [1.29, 1.82) is 0 Å². The zero-order valence-electron chi connectivity index (χ0n) is 6.13. The average molecular weight is 187 g/mol. The summed E-state index contributed by atoms with van der Waals surface area (Å²) < 4.78 is 0. The number of nitrogens with one attached hydrogen (secondary N) is 1. The van der Waals surface area contributed by atoms with Crippen LogP contribution in [0, 0.1) is 6.92 Å². The molecule has 1 aromatic rings. The maximum Gasteiger partial charge on any atom is 0.163 e. The van der Waals surface area contributed by atoms with Gasteiger partial charge in [-0.3, -0.25) is 0 Å². The fraction of sp³-hybridized carbons (Fsp3) is 0.333. The molecule has 1 heterocycles. The first-order chi connectivity index (χ1) is 5.20. The standard InChI is InChI=1S/C6H9N3S2/c1-4-5(11-3-9-4)2-8-6(7)10/h3H,2H2,1H3,(H3,7,8,10). The Morgan fingerprint density at radius 3 is 3.09 bits per heavy atom. The van der Waals surface area contributed by atoms with Crippen LogP contribution in [0.3, 0.4) is 0 Å². The quantitative estimate of drug-likeness (QED) is 0.672. The molecule has 60 valence electrons. The van der Waals surface area contributed by atoms with E-state index in [1.807, 2.05) is 12.4 Å². The van der Waals surface area contributed by atoms with Crippen molar-refractivity contribution in [2.75, 3.05) is 0 Å². The van der Waals surface area contributed by atoms with Crippen LogP contribution in [0.25, 0.3) is 0 Å². The van der Waals surface area contributed by atoms with Crippen molar-refractivity contribution in [2.24, 2.45) is 5.73 Å². The number of nitrogens with two attached hydrogens (primary N) is 1. The van der Waals surface area contributed by atoms with Gasteiger partial charge in [0.25, 0.3) is 0 Å². The van der Waals surface area contributed by atoms with Gasteiger partial charge in [-0.25, -0.2) is 4.98 Å². The van der Waals surface area contributed by atoms with Gasteiger partial charge in [0, 0.05) is 4.88 Å². The van der Waals surface area contributed by atoms with E-state index in [4.69, 9.17) is 5.73 Å². The first kappa shape index (κ1) is 8.42. The highest BCUT2D eigenvalue weighted by atomic mass is 32.1. The van der Waals surface area contributed by atoms with Crippen LogP contribution in [0.1, 0.15) is 10.6 Å². The third kappa shape index (κ3) is 2.44. The van der Waals surface area contributed by atoms with Crippen LogP contribution in [0.15, 0.2) is 5.51 Å². The minimum atomic E-state index is 0.331. The SMILES string of the molecule is Cc1ncsc1CNC(N)=S. The number of nitrogens with zero attached hydrogens (tertiary/aromatic N) is 1. The van der Waals surface area contributed by atoms with Crippen molar-refractivity contribution in [1.82, 2.24) is 10.3 Å². The highest BCUT2D eigenvalue weighted by Crippen LogP contribution is 2.10. The lowest BCUT2D eigenvalue weighted by Crippen LogP contribution is -2.28. The Morgan fingerprint density at radius 1 is 1.91 bits per heavy atom. The third-order valence-corrected chi connectivity index (χ3v) is 2.35. The van der Waals surface area contributed by atoms with Crippen molar-refractivity contribution < 1.29 is 0 Å². The van der Waals surface area contributed by atoms with Crippen molar-refractivity contribution in [3.8, 4) is 0 Å². The molecule has 3 nitrogen and oxygen atoms in total. The van der Waals surface area contributed by atoms with Crippen LogP contribution in [-0.2, 0) is 6.54 Å². The highest BCUT2D eigenvalue weighted by Gasteiger charge is 1.99. The molecule has 0 aliphatic carbocycles. The van der Waals surface area contributed by atoms with Gasteiger partial charge in [-0.2, -0.15) is 0 Å². The molecule has 1 rings (SSSR count). The number of rotatable bonds is 2. The normalized spacial score (nSPS) is 9.55. The Hall–Kier alpha value is -0.680. The van der Waals surface area contributed by atoms with Crippen LogP contribution in [0.2, 0.25) is 0 Å². The predicted octanol–water partition coefficient (Wildman–Crippen LogP) is 0.785. The summed E-state index contributed by atoms with van der Waals surface area (Å²) in [5.41, 5.74) is 8.12. The van der Waals surface area contributed by atoms with Crippen molar-refractivity contribution in [2.45, 2.75) is 13.5 Å². The number of thiazole rings is 1. The van der Waals surface area contributed by atoms with E-state index in [9.17, 15) is 0 Å². The van der Waals surface area contributed by atoms with Gasteiger partial charge in [-0.05, 0) is 19.1 Å². The van der Waals surface area contributed by atoms with E-state index in [1.165, 1.54) is 4.88 Å². The minimum Gasteiger partial charge on any atom is -0.376 e. The summed E-state index contributed by atoms with van der Waals surface area (Å²) in [5, 5.41) is 3.20. The third-order valence-electron chi connectivity index (χ3n) is 1.27. The Labute approximate surface area is 74.6 Å². The van der Waals surface area contributed by atoms with E-state index in [1.54, 1.807) is 11.3 Å². The second-order valence-electron chi connectivity index (χ2n) is 2.08. The zero-order valence-corrected chi connectivity index (χ0v) is 7.76. The lowest BCUT2D eigenvalue weighted by atomic mass is 10.4. The molecule has 0 unspecified atom stereocenters. The highest BCUT2D eigenvalue weighted by molar-refractivity contribution is 7.80. The maximum absolute atomic E-state index is 5.26. The molecule has 11 heavy (non-hydrogen) atoms. The number of aryl methyl sites for hydroxylation is 1. The Kier molecular flexibility index (Phi) is 2.78. The zero-order chi connectivity index (χ0) is 8.27. The first-order valence-electron chi connectivity index (χ1n) is 3.12. The minimum absolute atomic E-state index is 0.331. The van der Waals surface area contributed by atoms with E-state index in [-0.39, 0.29) is 0 Å². The fourth-order valence-corrected chi connectivity index (χ4v) is 1.45. The second-order valence-corrected chi connectivity index (χ2v) is 3.46. The summed E-state index contributed by atoms with van der Waals surface area (Å²) in [6.07, 6.45) is 0. The second kappa shape index (κ2) is 3.64. The molecule has 0 amide bonds. The van der Waals surface area contributed by atoms with Crippen molar-refractivity contribution >= 4 is 28.7 Å². The monoisotopic (exact) mass is 187 g/mol. The molecule has 0 saturated heterocycles. The van der Waals surface area contributed by atoms with Gasteiger partial charge in [-0.15, -0.1) is 11.3 Å². The Morgan fingerprint density at radius 2 is 2.64 bits per heavy atom. The van der Waals surface area contributed by atoms with Crippen LogP contribution < -0.4 is 11.1 Å². The Balaban J connectivity index is 2.51. The molecule has 0 aromatic carbocycles. The predicted molar refractivity (Wildman–Crippen MR) is 50.5 cm³/mol. The summed E-state index contributed by atoms with van der Waals surface area (Å²) in [4.78, 5) is 5.27. The number of hydrogen-bond acceptors (Lipinski definition) is 3. The van der Waals surface area contributed by atoms with Crippen LogP contribution in [0.4, 0.5) is 0 Å². The summed E-state index contributed by atoms with van der Waals surface area (Å²) in [6.45, 7) is 2.65. The smallest absolute Gasteiger partial charge is 0.163 e. The number of aromatic nitrogens is 1. The molecule has 0 spiro atoms. The molecule has 0 radical (unpaired) electrons. The topological polar surface area (TPSA) is 50.9 Å². The van der Waals surface area contributed by atoms with Gasteiger partial charge in [0.05, 0.1) is 17.7 Å². The molecular weight excluding hydrogens is 178 g/mol. The van der Waals surface area contributed by atoms with Crippen LogP contribution >= 0.6 is 23.6 Å². The molecule has 0 bridgehead atoms. The van der Waals surface area contributed by atoms with Gasteiger partial charge < -0.3 is 11.1 Å². The van der Waals surface area contributed by atoms with Gasteiger partial charge in [0.15, 0.2) is 5.11 Å². The largest absolute Gasteiger partial charge is 0.376 e. The molecule has 0 aliphatic rings. The molecule has 0 atom stereocenters. The van der Waals surface area contributed by atoms with Crippen LogP contribution in [0.5, 0.6) is 0 Å². The summed E-state index contributed by atoms with van der Waals surface area (Å²) >= 11 is 6.27. The molecule has 1 aromatic heterocycles. The lowest BCUT2D eigenvalue weighted by molar-refractivity contribution is 0.924. The summed E-state index contributed by atoms with van der Waals surface area (Å²) in [7, 11) is 0. The number of thiocarbonyl (C=S) groups is 1. The van der Waals surface area contributed by atoms with Gasteiger partial charge in [0.2, 0.25) is 0 Å². The first-order valence-corrected chi connectivity index (χ1v) is 4.41. The van der Waals surface area contributed by atoms with E-state index >= 15 is 0 Å². The fourth-order valence-electron chi connectivity index (χ4n) is 0.663. The van der Waals surface area contributed by atoms with E-state index < -0.39 is 0 Å². The molecule has 0 aliphatic heterocycles. The van der Waals surface area contributed by atoms with Crippen LogP contribution in [-0.4, -0.2) is 10.1 Å². The lowest BCUT2D eigenvalue weighted by Gasteiger charge is -2.00. The Bertz CT molecular complexity index is 256. The van der Waals surface area contributed by atoms with E-state index in [2.05, 4.69) is 22.5 Å². The van der Waals surface area contributed by atoms with Crippen molar-refractivity contribution in [3.63, 3.8) is 0 Å². The number of hydrogen-bond donors (Lipinski definition) is 2. The molecular formula is C6H9N3S2. The summed E-state index contributed by atoms with van der Waals surface area (Å²) in [6, 6.07) is 0. The average Bonchev–Trinajstić information content (AvgIpc) is 2.31. The van der Waals surface area contributed by atoms with Gasteiger partial charge in [0.1, 0.15) is 0 Å². The maximum atomic E-state index is 5.26. The summed E-state index contributed by atoms with van der Waals surface area (Å²) in [5.74, 6) is 0.